The zero-order valence-electron chi connectivity index (χ0n) is 15.6. The number of fused-ring (bicyclic) bond motifs is 1. The molecular formula is C20H24N2O4S. The summed E-state index contributed by atoms with van der Waals surface area (Å²) >= 11 is 0. The SMILES string of the molecule is Cc1oc(C(=O)N(C)[C@H]2CCc3ccccc32)cc1S(=O)(=O)N1CCCC1. The Morgan fingerprint density at radius 3 is 2.67 bits per heavy atom. The van der Waals surface area contributed by atoms with Gasteiger partial charge in [-0.15, -0.1) is 0 Å². The Labute approximate surface area is 159 Å². The van der Waals surface area contributed by atoms with Crippen LogP contribution in [0.2, 0.25) is 0 Å². The van der Waals surface area contributed by atoms with Gasteiger partial charge in [-0.2, -0.15) is 4.31 Å². The number of aryl methyl sites for hydroxylation is 2. The van der Waals surface area contributed by atoms with Gasteiger partial charge in [0.05, 0.1) is 6.04 Å². The van der Waals surface area contributed by atoms with Crippen LogP contribution < -0.4 is 0 Å². The molecule has 7 heteroatoms. The third-order valence-corrected chi connectivity index (χ3v) is 7.66. The Kier molecular flexibility index (Phi) is 4.60. The maximum atomic E-state index is 13.0. The van der Waals surface area contributed by atoms with Crippen molar-refractivity contribution in [3.05, 3.63) is 53.0 Å². The zero-order chi connectivity index (χ0) is 19.2. The number of rotatable bonds is 4. The van der Waals surface area contributed by atoms with Crippen LogP contribution in [0.4, 0.5) is 0 Å². The third-order valence-electron chi connectivity index (χ3n) is 5.65. The number of amides is 1. The maximum absolute atomic E-state index is 13.0. The second-order valence-electron chi connectivity index (χ2n) is 7.31. The van der Waals surface area contributed by atoms with E-state index < -0.39 is 10.0 Å². The monoisotopic (exact) mass is 388 g/mol. The second-order valence-corrected chi connectivity index (χ2v) is 9.22. The molecule has 1 atom stereocenters. The van der Waals surface area contributed by atoms with E-state index in [0.29, 0.717) is 13.1 Å². The molecule has 1 saturated heterocycles. The van der Waals surface area contributed by atoms with E-state index in [4.69, 9.17) is 4.42 Å². The molecule has 144 valence electrons. The van der Waals surface area contributed by atoms with E-state index in [1.165, 1.54) is 15.9 Å². The van der Waals surface area contributed by atoms with Crippen molar-refractivity contribution in [2.45, 2.75) is 43.5 Å². The van der Waals surface area contributed by atoms with Gasteiger partial charge in [-0.1, -0.05) is 24.3 Å². The number of furan rings is 1. The number of nitrogens with zero attached hydrogens (tertiary/aromatic N) is 2. The summed E-state index contributed by atoms with van der Waals surface area (Å²) in [6.07, 6.45) is 3.53. The molecule has 2 aliphatic rings. The molecule has 0 unspecified atom stereocenters. The number of benzene rings is 1. The summed E-state index contributed by atoms with van der Waals surface area (Å²) < 4.78 is 32.7. The van der Waals surface area contributed by atoms with Gasteiger partial charge in [0.25, 0.3) is 5.91 Å². The Morgan fingerprint density at radius 2 is 1.93 bits per heavy atom. The van der Waals surface area contributed by atoms with Crippen LogP contribution in [0.1, 0.15) is 52.7 Å². The average Bonchev–Trinajstić information content (AvgIpc) is 3.39. The molecule has 0 radical (unpaired) electrons. The number of carbonyl (C=O) groups excluding carboxylic acids is 1. The molecule has 1 fully saturated rings. The van der Waals surface area contributed by atoms with Crippen LogP contribution in [0, 0.1) is 6.92 Å². The van der Waals surface area contributed by atoms with Crippen LogP contribution in [0.15, 0.2) is 39.6 Å². The molecule has 0 saturated carbocycles. The smallest absolute Gasteiger partial charge is 0.289 e. The fourth-order valence-corrected chi connectivity index (χ4v) is 5.82. The minimum absolute atomic E-state index is 0.0160. The molecule has 1 aliphatic heterocycles. The van der Waals surface area contributed by atoms with Gasteiger partial charge in [-0.05, 0) is 43.7 Å². The molecule has 0 spiro atoms. The van der Waals surface area contributed by atoms with E-state index in [1.807, 2.05) is 18.2 Å². The van der Waals surface area contributed by atoms with Gasteiger partial charge in [-0.3, -0.25) is 4.79 Å². The van der Waals surface area contributed by atoms with Gasteiger partial charge in [0.15, 0.2) is 5.76 Å². The first-order valence-electron chi connectivity index (χ1n) is 9.35. The topological polar surface area (TPSA) is 70.8 Å². The predicted molar refractivity (Wildman–Crippen MR) is 101 cm³/mol. The lowest BCUT2D eigenvalue weighted by molar-refractivity contribution is 0.0697. The van der Waals surface area contributed by atoms with Crippen molar-refractivity contribution in [1.29, 1.82) is 0 Å². The summed E-state index contributed by atoms with van der Waals surface area (Å²) in [4.78, 5) is 14.7. The average molecular weight is 388 g/mol. The Hall–Kier alpha value is -2.12. The lowest BCUT2D eigenvalue weighted by atomic mass is 10.1. The van der Waals surface area contributed by atoms with Gasteiger partial charge in [0, 0.05) is 26.2 Å². The van der Waals surface area contributed by atoms with Crippen LogP contribution in [0.3, 0.4) is 0 Å². The van der Waals surface area contributed by atoms with Crippen molar-refractivity contribution in [2.24, 2.45) is 0 Å². The minimum Gasteiger partial charge on any atom is -0.455 e. The van der Waals surface area contributed by atoms with Gasteiger partial charge >= 0.3 is 0 Å². The largest absolute Gasteiger partial charge is 0.455 e. The third kappa shape index (κ3) is 3.08. The molecule has 0 bridgehead atoms. The van der Waals surface area contributed by atoms with E-state index in [-0.39, 0.29) is 28.4 Å². The standard InChI is InChI=1S/C20H24N2O4S/c1-14-19(27(24,25)22-11-5-6-12-22)13-18(26-14)20(23)21(2)17-10-9-15-7-3-4-8-16(15)17/h3-4,7-8,13,17H,5-6,9-12H2,1-2H3/t17-/m0/s1. The fraction of sp³-hybridized carbons (Fsp3) is 0.450. The van der Waals surface area contributed by atoms with Crippen LogP contribution in [-0.4, -0.2) is 43.7 Å². The predicted octanol–water partition coefficient (Wildman–Crippen LogP) is 3.13. The molecule has 6 nitrogen and oxygen atoms in total. The van der Waals surface area contributed by atoms with Gasteiger partial charge in [0.1, 0.15) is 10.7 Å². The highest BCUT2D eigenvalue weighted by atomic mass is 32.2. The number of hydrogen-bond donors (Lipinski definition) is 0. The first-order chi connectivity index (χ1) is 12.9. The van der Waals surface area contributed by atoms with Crippen LogP contribution in [0.25, 0.3) is 0 Å². The van der Waals surface area contributed by atoms with Crippen molar-refractivity contribution in [1.82, 2.24) is 9.21 Å². The maximum Gasteiger partial charge on any atom is 0.289 e. The van der Waals surface area contributed by atoms with E-state index >= 15 is 0 Å². The molecule has 27 heavy (non-hydrogen) atoms. The van der Waals surface area contributed by atoms with Gasteiger partial charge < -0.3 is 9.32 Å². The van der Waals surface area contributed by atoms with E-state index in [9.17, 15) is 13.2 Å². The second kappa shape index (κ2) is 6.80. The lowest BCUT2D eigenvalue weighted by Gasteiger charge is -2.24. The molecule has 1 amide bonds. The van der Waals surface area contributed by atoms with Crippen molar-refractivity contribution in [3.63, 3.8) is 0 Å². The zero-order valence-corrected chi connectivity index (χ0v) is 16.5. The van der Waals surface area contributed by atoms with Crippen LogP contribution in [-0.2, 0) is 16.4 Å². The molecule has 1 aliphatic carbocycles. The summed E-state index contributed by atoms with van der Waals surface area (Å²) in [7, 11) is -1.86. The molecule has 2 heterocycles. The minimum atomic E-state index is -3.61. The first-order valence-corrected chi connectivity index (χ1v) is 10.8. The Bertz CT molecular complexity index is 974. The van der Waals surface area contributed by atoms with Gasteiger partial charge in [0.2, 0.25) is 10.0 Å². The summed E-state index contributed by atoms with van der Waals surface area (Å²) in [6, 6.07) is 9.50. The number of carbonyl (C=O) groups is 1. The summed E-state index contributed by atoms with van der Waals surface area (Å²) in [5.41, 5.74) is 2.41. The lowest BCUT2D eigenvalue weighted by Crippen LogP contribution is -2.30. The summed E-state index contributed by atoms with van der Waals surface area (Å²) in [5, 5.41) is 0. The molecule has 2 aromatic rings. The van der Waals surface area contributed by atoms with Crippen molar-refractivity contribution < 1.29 is 17.6 Å². The molecule has 1 aromatic carbocycles. The molecular weight excluding hydrogens is 364 g/mol. The highest BCUT2D eigenvalue weighted by Crippen LogP contribution is 2.36. The number of sulfonamides is 1. The van der Waals surface area contributed by atoms with Crippen LogP contribution >= 0.6 is 0 Å². The molecule has 0 N–H and O–H groups in total. The fourth-order valence-electron chi connectivity index (χ4n) is 4.15. The van der Waals surface area contributed by atoms with Crippen molar-refractivity contribution >= 4 is 15.9 Å². The molecule has 1 aromatic heterocycles. The van der Waals surface area contributed by atoms with E-state index in [0.717, 1.165) is 31.2 Å². The Balaban J connectivity index is 1.60. The van der Waals surface area contributed by atoms with Crippen molar-refractivity contribution in [2.75, 3.05) is 20.1 Å². The van der Waals surface area contributed by atoms with Crippen LogP contribution in [0.5, 0.6) is 0 Å². The summed E-state index contributed by atoms with van der Waals surface area (Å²) in [5.74, 6) is 0.0605. The highest BCUT2D eigenvalue weighted by Gasteiger charge is 2.34. The summed E-state index contributed by atoms with van der Waals surface area (Å²) in [6.45, 7) is 2.65. The molecule has 4 rings (SSSR count). The Morgan fingerprint density at radius 1 is 1.22 bits per heavy atom. The van der Waals surface area contributed by atoms with Crippen molar-refractivity contribution in [3.8, 4) is 0 Å². The first kappa shape index (κ1) is 18.3. The van der Waals surface area contributed by atoms with Gasteiger partial charge in [-0.25, -0.2) is 8.42 Å². The van der Waals surface area contributed by atoms with E-state index in [1.54, 1.807) is 18.9 Å². The number of hydrogen-bond acceptors (Lipinski definition) is 4. The quantitative estimate of drug-likeness (QED) is 0.807. The highest BCUT2D eigenvalue weighted by molar-refractivity contribution is 7.89. The normalized spacial score (nSPS) is 20.0. The van der Waals surface area contributed by atoms with E-state index in [2.05, 4.69) is 6.07 Å².